The molecule has 0 aliphatic carbocycles. The number of H-pyrrole nitrogens is 1. The molecular weight excluding hydrogens is 244 g/mol. The lowest BCUT2D eigenvalue weighted by Gasteiger charge is -2.15. The van der Waals surface area contributed by atoms with Crippen LogP contribution in [0.2, 0.25) is 0 Å². The van der Waals surface area contributed by atoms with Crippen molar-refractivity contribution in [2.45, 2.75) is 25.5 Å². The Bertz CT molecular complexity index is 544. The van der Waals surface area contributed by atoms with Crippen molar-refractivity contribution in [2.24, 2.45) is 5.18 Å². The van der Waals surface area contributed by atoms with Gasteiger partial charge >= 0.3 is 0 Å². The molecule has 0 unspecified atom stereocenters. The zero-order valence-corrected chi connectivity index (χ0v) is 9.83. The standard InChI is InChI=1S/C9H12N4O3S/c10-7-6(12-15)8(14)11-9(17)13(7)4-5-2-1-3-16-5/h5H,1-4,10H2,(H,11,14,17)/t5-/m1/s1. The summed E-state index contributed by atoms with van der Waals surface area (Å²) in [4.78, 5) is 24.2. The van der Waals surface area contributed by atoms with Crippen LogP contribution in [0.5, 0.6) is 0 Å². The van der Waals surface area contributed by atoms with E-state index in [1.807, 2.05) is 0 Å². The zero-order chi connectivity index (χ0) is 12.4. The first-order valence-corrected chi connectivity index (χ1v) is 5.62. The molecule has 92 valence electrons. The molecule has 1 aromatic heterocycles. The van der Waals surface area contributed by atoms with E-state index in [1.54, 1.807) is 0 Å². The van der Waals surface area contributed by atoms with E-state index in [2.05, 4.69) is 10.2 Å². The van der Waals surface area contributed by atoms with Crippen molar-refractivity contribution in [3.63, 3.8) is 0 Å². The summed E-state index contributed by atoms with van der Waals surface area (Å²) in [5.41, 5.74) is 4.70. The molecule has 0 saturated carbocycles. The highest BCUT2D eigenvalue weighted by atomic mass is 32.1. The monoisotopic (exact) mass is 256 g/mol. The lowest BCUT2D eigenvalue weighted by atomic mass is 10.2. The van der Waals surface area contributed by atoms with Crippen LogP contribution in [0, 0.1) is 9.68 Å². The van der Waals surface area contributed by atoms with Gasteiger partial charge in [0.2, 0.25) is 5.69 Å². The summed E-state index contributed by atoms with van der Waals surface area (Å²) < 4.78 is 7.10. The van der Waals surface area contributed by atoms with E-state index < -0.39 is 5.56 Å². The lowest BCUT2D eigenvalue weighted by molar-refractivity contribution is 0.0968. The number of ether oxygens (including phenoxy) is 1. The number of nitrogens with two attached hydrogens (primary N) is 1. The van der Waals surface area contributed by atoms with Crippen LogP contribution in [0.15, 0.2) is 9.97 Å². The Morgan fingerprint density at radius 1 is 1.65 bits per heavy atom. The second-order valence-corrected chi connectivity index (χ2v) is 4.22. The van der Waals surface area contributed by atoms with E-state index in [0.717, 1.165) is 12.8 Å². The Morgan fingerprint density at radius 3 is 3.00 bits per heavy atom. The Hall–Kier alpha value is -1.54. The van der Waals surface area contributed by atoms with Crippen LogP contribution in [-0.4, -0.2) is 22.3 Å². The van der Waals surface area contributed by atoms with Crippen molar-refractivity contribution in [3.05, 3.63) is 20.0 Å². The minimum Gasteiger partial charge on any atom is -0.383 e. The fraction of sp³-hybridized carbons (Fsp3) is 0.556. The van der Waals surface area contributed by atoms with Crippen molar-refractivity contribution in [1.29, 1.82) is 0 Å². The van der Waals surface area contributed by atoms with Gasteiger partial charge in [-0.25, -0.2) is 0 Å². The fourth-order valence-corrected chi connectivity index (χ4v) is 2.10. The number of aromatic nitrogens is 2. The highest BCUT2D eigenvalue weighted by molar-refractivity contribution is 7.71. The van der Waals surface area contributed by atoms with Crippen molar-refractivity contribution in [3.8, 4) is 0 Å². The normalized spacial score (nSPS) is 19.4. The molecule has 2 heterocycles. The van der Waals surface area contributed by atoms with Gasteiger partial charge in [-0.05, 0) is 30.2 Å². The molecule has 1 aliphatic rings. The molecule has 1 atom stereocenters. The number of nitrogen functional groups attached to an aromatic ring is 1. The number of nitrogens with one attached hydrogen (secondary N) is 1. The number of aromatic amines is 1. The molecule has 0 amide bonds. The van der Waals surface area contributed by atoms with Crippen molar-refractivity contribution in [1.82, 2.24) is 9.55 Å². The van der Waals surface area contributed by atoms with Gasteiger partial charge in [-0.3, -0.25) is 9.78 Å². The Morgan fingerprint density at radius 2 is 2.41 bits per heavy atom. The number of nitrogens with zero attached hydrogens (tertiary/aromatic N) is 2. The Kier molecular flexibility index (Phi) is 3.34. The van der Waals surface area contributed by atoms with Gasteiger partial charge in [-0.15, -0.1) is 4.91 Å². The molecule has 1 saturated heterocycles. The van der Waals surface area contributed by atoms with Crippen LogP contribution < -0.4 is 11.3 Å². The smallest absolute Gasteiger partial charge is 0.283 e. The van der Waals surface area contributed by atoms with E-state index in [-0.39, 0.29) is 22.4 Å². The predicted octanol–water partition coefficient (Wildman–Crippen LogP) is 1.06. The van der Waals surface area contributed by atoms with Gasteiger partial charge in [-0.1, -0.05) is 0 Å². The molecule has 7 nitrogen and oxygen atoms in total. The number of nitroso groups, excluding NO2 is 1. The molecule has 2 rings (SSSR count). The van der Waals surface area contributed by atoms with Crippen LogP contribution in [0.1, 0.15) is 12.8 Å². The quantitative estimate of drug-likeness (QED) is 0.622. The summed E-state index contributed by atoms with van der Waals surface area (Å²) in [6, 6.07) is 0. The average molecular weight is 256 g/mol. The third-order valence-electron chi connectivity index (χ3n) is 2.72. The second kappa shape index (κ2) is 4.76. The predicted molar refractivity (Wildman–Crippen MR) is 64.7 cm³/mol. The molecule has 0 radical (unpaired) electrons. The van der Waals surface area contributed by atoms with E-state index in [1.165, 1.54) is 4.57 Å². The minimum atomic E-state index is -0.661. The molecule has 1 fully saturated rings. The van der Waals surface area contributed by atoms with E-state index in [0.29, 0.717) is 13.2 Å². The second-order valence-electron chi connectivity index (χ2n) is 3.83. The SMILES string of the molecule is Nc1c(N=O)c(=O)[nH]c(=S)n1C[C@H]1CCCO1. The van der Waals surface area contributed by atoms with Crippen LogP contribution >= 0.6 is 12.2 Å². The van der Waals surface area contributed by atoms with Gasteiger partial charge in [0.1, 0.15) is 5.82 Å². The summed E-state index contributed by atoms with van der Waals surface area (Å²) >= 11 is 5.00. The maximum absolute atomic E-state index is 11.3. The van der Waals surface area contributed by atoms with E-state index >= 15 is 0 Å². The summed E-state index contributed by atoms with van der Waals surface area (Å²) in [5.74, 6) is -0.00995. The minimum absolute atomic E-state index is 0.00871. The van der Waals surface area contributed by atoms with E-state index in [9.17, 15) is 9.70 Å². The molecule has 1 aromatic rings. The van der Waals surface area contributed by atoms with Gasteiger partial charge in [0.15, 0.2) is 4.77 Å². The highest BCUT2D eigenvalue weighted by Crippen LogP contribution is 2.20. The zero-order valence-electron chi connectivity index (χ0n) is 9.01. The topological polar surface area (TPSA) is 102 Å². The third-order valence-corrected chi connectivity index (χ3v) is 3.04. The van der Waals surface area contributed by atoms with Crippen LogP contribution in [0.3, 0.4) is 0 Å². The molecule has 17 heavy (non-hydrogen) atoms. The number of hydrogen-bond donors (Lipinski definition) is 2. The maximum atomic E-state index is 11.3. The highest BCUT2D eigenvalue weighted by Gasteiger charge is 2.19. The fourth-order valence-electron chi connectivity index (χ4n) is 1.84. The lowest BCUT2D eigenvalue weighted by Crippen LogP contribution is -2.22. The third kappa shape index (κ3) is 2.27. The summed E-state index contributed by atoms with van der Waals surface area (Å²) in [5, 5.41) is 2.62. The van der Waals surface area contributed by atoms with E-state index in [4.69, 9.17) is 22.7 Å². The Labute approximate surface area is 102 Å². The molecule has 0 aromatic carbocycles. The molecule has 1 aliphatic heterocycles. The van der Waals surface area contributed by atoms with Crippen LogP contribution in [-0.2, 0) is 11.3 Å². The molecule has 8 heteroatoms. The van der Waals surface area contributed by atoms with Gasteiger partial charge < -0.3 is 15.0 Å². The first-order valence-electron chi connectivity index (χ1n) is 5.21. The molecule has 0 spiro atoms. The van der Waals surface area contributed by atoms with Crippen molar-refractivity contribution >= 4 is 23.7 Å². The van der Waals surface area contributed by atoms with Gasteiger partial charge in [0.25, 0.3) is 5.56 Å². The van der Waals surface area contributed by atoms with Crippen LogP contribution in [0.25, 0.3) is 0 Å². The van der Waals surface area contributed by atoms with Gasteiger partial charge in [0, 0.05) is 6.61 Å². The maximum Gasteiger partial charge on any atom is 0.283 e. The molecule has 3 N–H and O–H groups in total. The summed E-state index contributed by atoms with van der Waals surface area (Å²) in [7, 11) is 0. The van der Waals surface area contributed by atoms with Gasteiger partial charge in [0.05, 0.1) is 12.6 Å². The summed E-state index contributed by atoms with van der Waals surface area (Å²) in [6.07, 6.45) is 1.90. The van der Waals surface area contributed by atoms with Crippen molar-refractivity contribution < 1.29 is 4.74 Å². The average Bonchev–Trinajstić information content (AvgIpc) is 2.77. The first kappa shape index (κ1) is 11.9. The number of anilines is 1. The first-order chi connectivity index (χ1) is 8.13. The van der Waals surface area contributed by atoms with Gasteiger partial charge in [-0.2, -0.15) is 0 Å². The van der Waals surface area contributed by atoms with Crippen LogP contribution in [0.4, 0.5) is 11.5 Å². The number of hydrogen-bond acceptors (Lipinski definition) is 6. The largest absolute Gasteiger partial charge is 0.383 e. The number of rotatable bonds is 3. The summed E-state index contributed by atoms with van der Waals surface area (Å²) in [6.45, 7) is 1.13. The molecular formula is C9H12N4O3S. The molecule has 0 bridgehead atoms. The van der Waals surface area contributed by atoms with Crippen molar-refractivity contribution in [2.75, 3.05) is 12.3 Å². The Balaban J connectivity index is 2.42.